The van der Waals surface area contributed by atoms with Crippen molar-refractivity contribution in [3.63, 3.8) is 0 Å². The molecule has 1 amide bonds. The summed E-state index contributed by atoms with van der Waals surface area (Å²) in [5.74, 6) is -1.26. The van der Waals surface area contributed by atoms with Crippen LogP contribution in [0.5, 0.6) is 0 Å². The topological polar surface area (TPSA) is 84.7 Å². The zero-order valence-electron chi connectivity index (χ0n) is 11.8. The number of carboxylic acid groups (broad SMARTS) is 1. The SMILES string of the molecule is O=C(O)C1CN(C(=O)c2cccc(-n3cccn3)c2)CCO1. The van der Waals surface area contributed by atoms with Crippen LogP contribution in [-0.4, -0.2) is 57.5 Å². The lowest BCUT2D eigenvalue weighted by Crippen LogP contribution is -2.48. The van der Waals surface area contributed by atoms with Crippen LogP contribution in [-0.2, 0) is 9.53 Å². The van der Waals surface area contributed by atoms with Crippen molar-refractivity contribution in [1.82, 2.24) is 14.7 Å². The summed E-state index contributed by atoms with van der Waals surface area (Å²) >= 11 is 0. The molecule has 1 aromatic heterocycles. The number of ether oxygens (including phenoxy) is 1. The molecule has 1 aromatic carbocycles. The second-order valence-corrected chi connectivity index (χ2v) is 4.95. The molecule has 0 spiro atoms. The second-order valence-electron chi connectivity index (χ2n) is 4.95. The van der Waals surface area contributed by atoms with E-state index in [4.69, 9.17) is 9.84 Å². The highest BCUT2D eigenvalue weighted by Gasteiger charge is 2.29. The van der Waals surface area contributed by atoms with Crippen molar-refractivity contribution >= 4 is 11.9 Å². The third-order valence-corrected chi connectivity index (χ3v) is 3.49. The molecule has 0 saturated carbocycles. The Balaban J connectivity index is 1.80. The Morgan fingerprint density at radius 1 is 1.32 bits per heavy atom. The number of amides is 1. The minimum Gasteiger partial charge on any atom is -0.479 e. The number of hydrogen-bond donors (Lipinski definition) is 1. The zero-order chi connectivity index (χ0) is 15.5. The first-order valence-electron chi connectivity index (χ1n) is 6.89. The molecule has 1 unspecified atom stereocenters. The van der Waals surface area contributed by atoms with E-state index < -0.39 is 12.1 Å². The Kier molecular flexibility index (Phi) is 3.88. The Bertz CT molecular complexity index is 684. The summed E-state index contributed by atoms with van der Waals surface area (Å²) in [4.78, 5) is 25.0. The summed E-state index contributed by atoms with van der Waals surface area (Å²) in [6.07, 6.45) is 2.49. The Morgan fingerprint density at radius 2 is 2.18 bits per heavy atom. The van der Waals surface area contributed by atoms with E-state index in [1.54, 1.807) is 41.3 Å². The lowest BCUT2D eigenvalue weighted by Gasteiger charge is -2.31. The van der Waals surface area contributed by atoms with Gasteiger partial charge in [-0.15, -0.1) is 0 Å². The molecule has 1 aliphatic heterocycles. The van der Waals surface area contributed by atoms with E-state index in [0.29, 0.717) is 12.1 Å². The van der Waals surface area contributed by atoms with E-state index in [1.165, 1.54) is 4.90 Å². The lowest BCUT2D eigenvalue weighted by atomic mass is 10.1. The number of aliphatic carboxylic acids is 1. The van der Waals surface area contributed by atoms with Crippen LogP contribution in [0.2, 0.25) is 0 Å². The van der Waals surface area contributed by atoms with Gasteiger partial charge in [-0.2, -0.15) is 5.10 Å². The van der Waals surface area contributed by atoms with E-state index >= 15 is 0 Å². The molecule has 1 saturated heterocycles. The first-order valence-corrected chi connectivity index (χ1v) is 6.89. The summed E-state index contributed by atoms with van der Waals surface area (Å²) in [6.45, 7) is 0.663. The molecule has 1 fully saturated rings. The largest absolute Gasteiger partial charge is 0.479 e. The van der Waals surface area contributed by atoms with Crippen molar-refractivity contribution in [2.24, 2.45) is 0 Å². The van der Waals surface area contributed by atoms with Crippen LogP contribution < -0.4 is 0 Å². The van der Waals surface area contributed by atoms with E-state index in [2.05, 4.69) is 5.10 Å². The summed E-state index contributed by atoms with van der Waals surface area (Å²) < 4.78 is 6.79. The third-order valence-electron chi connectivity index (χ3n) is 3.49. The van der Waals surface area contributed by atoms with Crippen LogP contribution in [0.1, 0.15) is 10.4 Å². The van der Waals surface area contributed by atoms with Gasteiger partial charge in [0.05, 0.1) is 18.8 Å². The van der Waals surface area contributed by atoms with Gasteiger partial charge >= 0.3 is 5.97 Å². The van der Waals surface area contributed by atoms with Crippen LogP contribution in [0.3, 0.4) is 0 Å². The maximum Gasteiger partial charge on any atom is 0.334 e. The first-order chi connectivity index (χ1) is 10.6. The number of benzene rings is 1. The van der Waals surface area contributed by atoms with Crippen LogP contribution in [0.15, 0.2) is 42.7 Å². The van der Waals surface area contributed by atoms with Crippen molar-refractivity contribution < 1.29 is 19.4 Å². The van der Waals surface area contributed by atoms with E-state index in [-0.39, 0.29) is 19.1 Å². The number of rotatable bonds is 3. The second kappa shape index (κ2) is 5.98. The minimum atomic E-state index is -1.05. The van der Waals surface area contributed by atoms with Crippen LogP contribution >= 0.6 is 0 Å². The number of carboxylic acids is 1. The predicted octanol–water partition coefficient (Wildman–Crippen LogP) is 0.798. The molecule has 2 heterocycles. The highest BCUT2D eigenvalue weighted by molar-refractivity contribution is 5.95. The smallest absolute Gasteiger partial charge is 0.334 e. The average molecular weight is 301 g/mol. The molecule has 1 aliphatic rings. The van der Waals surface area contributed by atoms with Crippen molar-refractivity contribution in [3.05, 3.63) is 48.3 Å². The normalized spacial score (nSPS) is 18.2. The van der Waals surface area contributed by atoms with Crippen molar-refractivity contribution in [2.45, 2.75) is 6.10 Å². The standard InChI is InChI=1S/C15H15N3O4/c19-14(17-7-8-22-13(10-17)15(20)21)11-3-1-4-12(9-11)18-6-2-5-16-18/h1-6,9,13H,7-8,10H2,(H,20,21). The van der Waals surface area contributed by atoms with Gasteiger partial charge < -0.3 is 14.7 Å². The summed E-state index contributed by atoms with van der Waals surface area (Å²) in [6, 6.07) is 8.87. The summed E-state index contributed by atoms with van der Waals surface area (Å²) in [5, 5.41) is 13.1. The van der Waals surface area contributed by atoms with Gasteiger partial charge in [0.1, 0.15) is 0 Å². The van der Waals surface area contributed by atoms with Gasteiger partial charge in [0, 0.05) is 24.5 Å². The zero-order valence-corrected chi connectivity index (χ0v) is 11.8. The molecule has 0 bridgehead atoms. The highest BCUT2D eigenvalue weighted by Crippen LogP contribution is 2.14. The molecular weight excluding hydrogens is 286 g/mol. The predicted molar refractivity (Wildman–Crippen MR) is 76.8 cm³/mol. The summed E-state index contributed by atoms with van der Waals surface area (Å²) in [7, 11) is 0. The molecule has 0 aliphatic carbocycles. The number of aromatic nitrogens is 2. The van der Waals surface area contributed by atoms with Crippen LogP contribution in [0, 0.1) is 0 Å². The van der Waals surface area contributed by atoms with Crippen molar-refractivity contribution in [3.8, 4) is 5.69 Å². The molecule has 1 atom stereocenters. The van der Waals surface area contributed by atoms with Gasteiger partial charge in [0.25, 0.3) is 5.91 Å². The number of hydrogen-bond acceptors (Lipinski definition) is 4. The highest BCUT2D eigenvalue weighted by atomic mass is 16.5. The Labute approximate surface area is 126 Å². The molecular formula is C15H15N3O4. The number of morpholine rings is 1. The van der Waals surface area contributed by atoms with E-state index in [0.717, 1.165) is 5.69 Å². The fraction of sp³-hybridized carbons (Fsp3) is 0.267. The quantitative estimate of drug-likeness (QED) is 0.906. The first kappa shape index (κ1) is 14.3. The monoisotopic (exact) mass is 301 g/mol. The minimum absolute atomic E-state index is 0.0557. The van der Waals surface area contributed by atoms with Crippen LogP contribution in [0.4, 0.5) is 0 Å². The number of nitrogens with zero attached hydrogens (tertiary/aromatic N) is 3. The summed E-state index contributed by atoms with van der Waals surface area (Å²) in [5.41, 5.74) is 1.28. The van der Waals surface area contributed by atoms with Gasteiger partial charge in [0.15, 0.2) is 6.10 Å². The molecule has 114 valence electrons. The molecule has 22 heavy (non-hydrogen) atoms. The number of carbonyl (C=O) groups excluding carboxylic acids is 1. The van der Waals surface area contributed by atoms with E-state index in [9.17, 15) is 9.59 Å². The fourth-order valence-corrected chi connectivity index (χ4v) is 2.37. The van der Waals surface area contributed by atoms with Crippen molar-refractivity contribution in [1.29, 1.82) is 0 Å². The van der Waals surface area contributed by atoms with Gasteiger partial charge in [-0.25, -0.2) is 9.48 Å². The third kappa shape index (κ3) is 2.84. The van der Waals surface area contributed by atoms with Crippen molar-refractivity contribution in [2.75, 3.05) is 19.7 Å². The molecule has 0 radical (unpaired) electrons. The van der Waals surface area contributed by atoms with Gasteiger partial charge in [-0.1, -0.05) is 6.07 Å². The van der Waals surface area contributed by atoms with Gasteiger partial charge in [-0.3, -0.25) is 4.79 Å². The molecule has 1 N–H and O–H groups in total. The van der Waals surface area contributed by atoms with E-state index in [1.807, 2.05) is 6.07 Å². The van der Waals surface area contributed by atoms with Crippen LogP contribution in [0.25, 0.3) is 5.69 Å². The molecule has 3 rings (SSSR count). The average Bonchev–Trinajstić information content (AvgIpc) is 3.09. The Hall–Kier alpha value is -2.67. The van der Waals surface area contributed by atoms with Gasteiger partial charge in [-0.05, 0) is 24.3 Å². The fourth-order valence-electron chi connectivity index (χ4n) is 2.37. The molecule has 7 heteroatoms. The maximum atomic E-state index is 12.5. The maximum absolute atomic E-state index is 12.5. The number of carbonyl (C=O) groups is 2. The molecule has 2 aromatic rings. The Morgan fingerprint density at radius 3 is 2.91 bits per heavy atom. The van der Waals surface area contributed by atoms with Gasteiger partial charge in [0.2, 0.25) is 0 Å². The lowest BCUT2D eigenvalue weighted by molar-refractivity contribution is -0.154. The molecule has 7 nitrogen and oxygen atoms in total.